The Morgan fingerprint density at radius 2 is 1.30 bits per heavy atom. The summed E-state index contributed by atoms with van der Waals surface area (Å²) in [6.45, 7) is -0.373. The van der Waals surface area contributed by atoms with Crippen molar-refractivity contribution in [2.75, 3.05) is 45.3 Å². The molecule has 4 fully saturated rings. The third-order valence-corrected chi connectivity index (χ3v) is 10.5. The van der Waals surface area contributed by atoms with Crippen LogP contribution in [-0.2, 0) is 29.0 Å². The molecule has 6 rings (SSSR count). The monoisotopic (exact) mass is 671 g/mol. The summed E-state index contributed by atoms with van der Waals surface area (Å²) in [6, 6.07) is 10.7. The van der Waals surface area contributed by atoms with Crippen LogP contribution in [0.1, 0.15) is 12.8 Å². The Labute approximate surface area is 267 Å². The lowest BCUT2D eigenvalue weighted by Crippen LogP contribution is -2.57. The summed E-state index contributed by atoms with van der Waals surface area (Å²) < 4.78 is 51.0. The van der Waals surface area contributed by atoms with Crippen LogP contribution in [0.5, 0.6) is 0 Å². The molecule has 0 radical (unpaired) electrons. The molecular formula is C30H45N3O12S. The summed E-state index contributed by atoms with van der Waals surface area (Å²) in [5.74, 6) is 0. The number of sulfonamides is 1. The lowest BCUT2D eigenvalue weighted by atomic mass is 9.95. The van der Waals surface area contributed by atoms with Gasteiger partial charge in [0.2, 0.25) is 10.0 Å². The topological polar surface area (TPSA) is 234 Å². The van der Waals surface area contributed by atoms with E-state index in [1.807, 2.05) is 37.2 Å². The van der Waals surface area contributed by atoms with Gasteiger partial charge in [-0.2, -0.15) is 0 Å². The zero-order valence-corrected chi connectivity index (χ0v) is 26.5. The highest BCUT2D eigenvalue weighted by molar-refractivity contribution is 7.89. The SMILES string of the molecule is CN(C)c1cccc2c(S(=O)(=O)NCC3C[C@H]4O[C@H](CO)[C@@H](O)[C@H](O)[C@H]4O3)cccc12.NCC1C[C@H]2O[C@H](CO)[C@@H](O)[C@H](O)[C@H]2O1. The highest BCUT2D eigenvalue weighted by Gasteiger charge is 2.51. The molecule has 16 heteroatoms. The zero-order valence-electron chi connectivity index (χ0n) is 25.7. The quantitative estimate of drug-likeness (QED) is 0.144. The maximum atomic E-state index is 13.1. The molecule has 2 unspecified atom stereocenters. The first-order chi connectivity index (χ1) is 21.9. The van der Waals surface area contributed by atoms with Gasteiger partial charge < -0.3 is 60.2 Å². The van der Waals surface area contributed by atoms with Crippen molar-refractivity contribution in [3.8, 4) is 0 Å². The Balaban J connectivity index is 0.000000232. The second kappa shape index (κ2) is 14.6. The summed E-state index contributed by atoms with van der Waals surface area (Å²) >= 11 is 0. The lowest BCUT2D eigenvalue weighted by Gasteiger charge is -2.38. The minimum Gasteiger partial charge on any atom is -0.394 e. The first-order valence-electron chi connectivity index (χ1n) is 15.3. The van der Waals surface area contributed by atoms with Gasteiger partial charge in [0.15, 0.2) is 0 Å². The second-order valence-corrected chi connectivity index (χ2v) is 14.0. The number of aliphatic hydroxyl groups is 6. The number of rotatable bonds is 8. The van der Waals surface area contributed by atoms with Gasteiger partial charge in [0.25, 0.3) is 0 Å². The van der Waals surface area contributed by atoms with Crippen LogP contribution in [0.15, 0.2) is 41.3 Å². The summed E-state index contributed by atoms with van der Waals surface area (Å²) in [4.78, 5) is 2.11. The number of fused-ring (bicyclic) bond motifs is 3. The van der Waals surface area contributed by atoms with E-state index < -0.39 is 77.7 Å². The third-order valence-electron chi connectivity index (χ3n) is 9.01. The van der Waals surface area contributed by atoms with Crippen molar-refractivity contribution in [3.63, 3.8) is 0 Å². The van der Waals surface area contributed by atoms with Crippen LogP contribution in [0, 0.1) is 0 Å². The van der Waals surface area contributed by atoms with E-state index in [2.05, 4.69) is 4.72 Å². The van der Waals surface area contributed by atoms with Gasteiger partial charge in [-0.15, -0.1) is 0 Å². The fourth-order valence-corrected chi connectivity index (χ4v) is 7.86. The van der Waals surface area contributed by atoms with Crippen molar-refractivity contribution in [1.29, 1.82) is 0 Å². The first kappa shape index (κ1) is 35.3. The van der Waals surface area contributed by atoms with Gasteiger partial charge in [-0.05, 0) is 12.1 Å². The first-order valence-corrected chi connectivity index (χ1v) is 16.8. The van der Waals surface area contributed by atoms with Gasteiger partial charge >= 0.3 is 0 Å². The number of anilines is 1. The van der Waals surface area contributed by atoms with Gasteiger partial charge in [-0.3, -0.25) is 0 Å². The van der Waals surface area contributed by atoms with E-state index in [1.54, 1.807) is 18.2 Å². The molecule has 4 aliphatic rings. The normalized spacial score (nSPS) is 37.3. The number of benzene rings is 2. The van der Waals surface area contributed by atoms with Crippen LogP contribution in [0.25, 0.3) is 10.8 Å². The minimum atomic E-state index is -3.83. The molecule has 0 aliphatic carbocycles. The predicted octanol–water partition coefficient (Wildman–Crippen LogP) is -2.59. The van der Waals surface area contributed by atoms with Gasteiger partial charge in [-0.1, -0.05) is 24.3 Å². The van der Waals surface area contributed by atoms with Crippen LogP contribution in [-0.4, -0.2) is 153 Å². The summed E-state index contributed by atoms with van der Waals surface area (Å²) in [5, 5.41) is 59.3. The van der Waals surface area contributed by atoms with E-state index in [0.717, 1.165) is 11.1 Å². The Bertz CT molecular complexity index is 1430. The van der Waals surface area contributed by atoms with E-state index in [0.29, 0.717) is 24.8 Å². The van der Waals surface area contributed by atoms with Crippen molar-refractivity contribution < 1.29 is 58.0 Å². The van der Waals surface area contributed by atoms with Gasteiger partial charge in [0, 0.05) is 56.5 Å². The number of hydrogen-bond donors (Lipinski definition) is 8. The van der Waals surface area contributed by atoms with Crippen LogP contribution in [0.2, 0.25) is 0 Å². The Morgan fingerprint density at radius 1 is 0.783 bits per heavy atom. The average molecular weight is 672 g/mol. The molecule has 46 heavy (non-hydrogen) atoms. The minimum absolute atomic E-state index is 0.00490. The van der Waals surface area contributed by atoms with Crippen molar-refractivity contribution in [2.24, 2.45) is 5.73 Å². The molecule has 0 amide bonds. The van der Waals surface area contributed by atoms with E-state index in [1.165, 1.54) is 0 Å². The lowest BCUT2D eigenvalue weighted by molar-refractivity contribution is -0.217. The number of aliphatic hydroxyl groups excluding tert-OH is 6. The molecule has 0 saturated carbocycles. The molecule has 4 saturated heterocycles. The van der Waals surface area contributed by atoms with Crippen LogP contribution in [0.4, 0.5) is 5.69 Å². The van der Waals surface area contributed by atoms with Gasteiger partial charge in [0.1, 0.15) is 48.8 Å². The van der Waals surface area contributed by atoms with Crippen molar-refractivity contribution >= 4 is 26.5 Å². The Hall–Kier alpha value is -2.03. The van der Waals surface area contributed by atoms with Crippen molar-refractivity contribution in [2.45, 2.75) is 91.0 Å². The number of hydrogen-bond acceptors (Lipinski definition) is 14. The molecule has 15 nitrogen and oxygen atoms in total. The number of nitrogens with zero attached hydrogens (tertiary/aromatic N) is 1. The molecule has 2 aromatic rings. The molecule has 2 aromatic carbocycles. The Morgan fingerprint density at radius 3 is 1.85 bits per heavy atom. The van der Waals surface area contributed by atoms with Crippen LogP contribution < -0.4 is 15.4 Å². The molecule has 0 aromatic heterocycles. The molecule has 258 valence electrons. The maximum Gasteiger partial charge on any atom is 0.241 e. The molecule has 12 atom stereocenters. The smallest absolute Gasteiger partial charge is 0.241 e. The molecule has 4 aliphatic heterocycles. The molecule has 0 spiro atoms. The van der Waals surface area contributed by atoms with Gasteiger partial charge in [0.05, 0.1) is 42.5 Å². The highest BCUT2D eigenvalue weighted by atomic mass is 32.2. The largest absolute Gasteiger partial charge is 0.394 e. The molecule has 9 N–H and O–H groups in total. The third kappa shape index (κ3) is 7.05. The molecular weight excluding hydrogens is 626 g/mol. The number of ether oxygens (including phenoxy) is 4. The van der Waals surface area contributed by atoms with Crippen LogP contribution in [0.3, 0.4) is 0 Å². The Kier molecular flexibility index (Phi) is 11.2. The van der Waals surface area contributed by atoms with Crippen molar-refractivity contribution in [3.05, 3.63) is 36.4 Å². The summed E-state index contributed by atoms with van der Waals surface area (Å²) in [5.41, 5.74) is 6.38. The van der Waals surface area contributed by atoms with Crippen LogP contribution >= 0.6 is 0 Å². The predicted molar refractivity (Wildman–Crippen MR) is 165 cm³/mol. The summed E-state index contributed by atoms with van der Waals surface area (Å²) in [7, 11) is -0.0253. The molecule has 4 heterocycles. The highest BCUT2D eigenvalue weighted by Crippen LogP contribution is 2.35. The summed E-state index contributed by atoms with van der Waals surface area (Å²) in [6.07, 6.45) is -8.06. The number of nitrogens with two attached hydrogens (primary N) is 1. The van der Waals surface area contributed by atoms with Crippen molar-refractivity contribution in [1.82, 2.24) is 4.72 Å². The fraction of sp³-hybridized carbons (Fsp3) is 0.667. The molecule has 0 bridgehead atoms. The second-order valence-electron chi connectivity index (χ2n) is 12.3. The maximum absolute atomic E-state index is 13.1. The average Bonchev–Trinajstić information content (AvgIpc) is 3.67. The van der Waals surface area contributed by atoms with E-state index >= 15 is 0 Å². The zero-order chi connectivity index (χ0) is 33.3. The van der Waals surface area contributed by atoms with E-state index in [4.69, 9.17) is 29.8 Å². The van der Waals surface area contributed by atoms with E-state index in [9.17, 15) is 34.0 Å². The number of nitrogens with one attached hydrogen (secondary N) is 1. The standard InChI is InChI=1S/C21H28N2O7S.C9H17NO5/c1-23(2)15-7-3-6-14-13(15)5-4-8-18(14)31(27,28)22-10-12-9-16-21(29-12)20(26)19(25)17(11-24)30-16;10-2-4-1-5-9(14-4)8(13)7(12)6(3-11)15-5/h3-8,12,16-17,19-22,24-26H,9-11H2,1-2H3;4-9,11-13H,1-3,10H2/t12?,16-,17-,19-,20+,21+;4?,5-,6-,7-,8+,9+/m11/s1. The van der Waals surface area contributed by atoms with Gasteiger partial charge in [-0.25, -0.2) is 13.1 Å². The fourth-order valence-electron chi connectivity index (χ4n) is 6.58. The van der Waals surface area contributed by atoms with E-state index in [-0.39, 0.29) is 30.3 Å².